The van der Waals surface area contributed by atoms with Gasteiger partial charge in [0.1, 0.15) is 11.6 Å². The molecule has 0 spiro atoms. The normalized spacial score (nSPS) is 12.0. The lowest BCUT2D eigenvalue weighted by molar-refractivity contribution is 0.0910. The van der Waals surface area contributed by atoms with E-state index in [1.54, 1.807) is 25.1 Å². The molecule has 0 bridgehead atoms. The molecule has 0 aliphatic carbocycles. The van der Waals surface area contributed by atoms with Gasteiger partial charge in [0.05, 0.1) is 22.2 Å². The molecule has 7 nitrogen and oxygen atoms in total. The number of aromatic amines is 2. The standard InChI is InChI=1S/C18H16F2N4O3/c1-9(22-17(26)11-6-5-10(19)7-13(11)20)8-21-16(25)12-3-2-4-14-15(12)24-18(27)23-14/h2-7,9H,8H2,1H3,(H,21,25)(H,22,26)(H2,23,24,27). The van der Waals surface area contributed by atoms with Crippen LogP contribution in [0.1, 0.15) is 27.6 Å². The molecule has 1 unspecified atom stereocenters. The highest BCUT2D eigenvalue weighted by Gasteiger charge is 2.17. The summed E-state index contributed by atoms with van der Waals surface area (Å²) in [5.74, 6) is -2.90. The number of rotatable bonds is 5. The van der Waals surface area contributed by atoms with Gasteiger partial charge >= 0.3 is 5.69 Å². The summed E-state index contributed by atoms with van der Waals surface area (Å²) >= 11 is 0. The van der Waals surface area contributed by atoms with Crippen LogP contribution in [0.2, 0.25) is 0 Å². The third kappa shape index (κ3) is 4.02. The SMILES string of the molecule is CC(CNC(=O)c1cccc2[nH]c(=O)[nH]c12)NC(=O)c1ccc(F)cc1F. The van der Waals surface area contributed by atoms with Crippen molar-refractivity contribution >= 4 is 22.8 Å². The minimum absolute atomic E-state index is 0.0679. The Bertz CT molecular complexity index is 1070. The number of H-pyrrole nitrogens is 2. The van der Waals surface area contributed by atoms with Gasteiger partial charge in [0.2, 0.25) is 0 Å². The Kier molecular flexibility index (Phi) is 5.02. The van der Waals surface area contributed by atoms with Gasteiger partial charge < -0.3 is 20.6 Å². The fraction of sp³-hybridized carbons (Fsp3) is 0.167. The van der Waals surface area contributed by atoms with Gasteiger partial charge in [-0.1, -0.05) is 6.07 Å². The molecule has 140 valence electrons. The summed E-state index contributed by atoms with van der Waals surface area (Å²) in [7, 11) is 0. The quantitative estimate of drug-likeness (QED) is 0.546. The van der Waals surface area contributed by atoms with Gasteiger partial charge in [-0.15, -0.1) is 0 Å². The molecule has 0 radical (unpaired) electrons. The summed E-state index contributed by atoms with van der Waals surface area (Å²) in [6.07, 6.45) is 0. The van der Waals surface area contributed by atoms with Crippen LogP contribution in [0.15, 0.2) is 41.2 Å². The molecule has 0 saturated heterocycles. The second-order valence-corrected chi connectivity index (χ2v) is 6.02. The zero-order valence-electron chi connectivity index (χ0n) is 14.2. The lowest BCUT2D eigenvalue weighted by atomic mass is 10.1. The molecule has 0 aliphatic rings. The van der Waals surface area contributed by atoms with Crippen LogP contribution in [0.25, 0.3) is 11.0 Å². The number of benzene rings is 2. The zero-order chi connectivity index (χ0) is 19.6. The molecule has 1 heterocycles. The van der Waals surface area contributed by atoms with Crippen LogP contribution < -0.4 is 16.3 Å². The van der Waals surface area contributed by atoms with E-state index in [1.165, 1.54) is 0 Å². The molecule has 9 heteroatoms. The van der Waals surface area contributed by atoms with Crippen molar-refractivity contribution in [3.05, 3.63) is 69.6 Å². The summed E-state index contributed by atoms with van der Waals surface area (Å²) in [6, 6.07) is 6.98. The highest BCUT2D eigenvalue weighted by molar-refractivity contribution is 6.04. The maximum atomic E-state index is 13.6. The highest BCUT2D eigenvalue weighted by atomic mass is 19.1. The first-order valence-electron chi connectivity index (χ1n) is 8.10. The van der Waals surface area contributed by atoms with Gasteiger partial charge in [-0.25, -0.2) is 13.6 Å². The topological polar surface area (TPSA) is 107 Å². The Labute approximate surface area is 151 Å². The van der Waals surface area contributed by atoms with E-state index in [4.69, 9.17) is 0 Å². The van der Waals surface area contributed by atoms with Gasteiger partial charge in [0, 0.05) is 18.7 Å². The third-order valence-corrected chi connectivity index (χ3v) is 3.92. The van der Waals surface area contributed by atoms with Crippen LogP contribution in [-0.2, 0) is 0 Å². The van der Waals surface area contributed by atoms with Crippen LogP contribution >= 0.6 is 0 Å². The average Bonchev–Trinajstić information content (AvgIpc) is 2.99. The van der Waals surface area contributed by atoms with Gasteiger partial charge in [0.25, 0.3) is 11.8 Å². The van der Waals surface area contributed by atoms with Gasteiger partial charge in [-0.05, 0) is 31.2 Å². The van der Waals surface area contributed by atoms with Crippen LogP contribution in [-0.4, -0.2) is 34.4 Å². The van der Waals surface area contributed by atoms with Crippen molar-refractivity contribution in [3.63, 3.8) is 0 Å². The van der Waals surface area contributed by atoms with Crippen molar-refractivity contribution in [1.82, 2.24) is 20.6 Å². The van der Waals surface area contributed by atoms with Crippen molar-refractivity contribution in [2.24, 2.45) is 0 Å². The van der Waals surface area contributed by atoms with Crippen molar-refractivity contribution in [1.29, 1.82) is 0 Å². The van der Waals surface area contributed by atoms with Crippen LogP contribution in [0.4, 0.5) is 8.78 Å². The van der Waals surface area contributed by atoms with Crippen LogP contribution in [0, 0.1) is 11.6 Å². The number of fused-ring (bicyclic) bond motifs is 1. The number of carbonyl (C=O) groups excluding carboxylic acids is 2. The third-order valence-electron chi connectivity index (χ3n) is 3.92. The molecule has 0 fully saturated rings. The van der Waals surface area contributed by atoms with E-state index in [1.807, 2.05) is 0 Å². The van der Waals surface area contributed by atoms with Crippen molar-refractivity contribution < 1.29 is 18.4 Å². The van der Waals surface area contributed by atoms with Gasteiger partial charge in [0.15, 0.2) is 0 Å². The molecule has 1 atom stereocenters. The Balaban J connectivity index is 1.63. The molecular weight excluding hydrogens is 358 g/mol. The average molecular weight is 374 g/mol. The largest absolute Gasteiger partial charge is 0.350 e. The second kappa shape index (κ2) is 7.40. The fourth-order valence-corrected chi connectivity index (χ4v) is 2.61. The van der Waals surface area contributed by atoms with E-state index in [0.717, 1.165) is 12.1 Å². The monoisotopic (exact) mass is 374 g/mol. The first-order chi connectivity index (χ1) is 12.8. The molecule has 4 N–H and O–H groups in total. The molecule has 27 heavy (non-hydrogen) atoms. The molecule has 3 rings (SSSR count). The van der Waals surface area contributed by atoms with Crippen LogP contribution in [0.5, 0.6) is 0 Å². The molecule has 1 aromatic heterocycles. The summed E-state index contributed by atoms with van der Waals surface area (Å²) in [5.41, 5.74) is 0.441. The number of carbonyl (C=O) groups is 2. The molecule has 0 aliphatic heterocycles. The zero-order valence-corrected chi connectivity index (χ0v) is 14.2. The maximum absolute atomic E-state index is 13.6. The van der Waals surface area contributed by atoms with E-state index in [-0.39, 0.29) is 17.7 Å². The fourth-order valence-electron chi connectivity index (χ4n) is 2.61. The van der Waals surface area contributed by atoms with Crippen molar-refractivity contribution in [2.75, 3.05) is 6.54 Å². The Hall–Kier alpha value is -3.49. The Morgan fingerprint density at radius 2 is 1.85 bits per heavy atom. The van der Waals surface area contributed by atoms with E-state index in [2.05, 4.69) is 20.6 Å². The highest BCUT2D eigenvalue weighted by Crippen LogP contribution is 2.13. The number of nitrogens with one attached hydrogen (secondary N) is 4. The summed E-state index contributed by atoms with van der Waals surface area (Å²) in [4.78, 5) is 40.9. The first kappa shape index (κ1) is 18.3. The van der Waals surface area contributed by atoms with Gasteiger partial charge in [-0.2, -0.15) is 0 Å². The van der Waals surface area contributed by atoms with Gasteiger partial charge in [-0.3, -0.25) is 9.59 Å². The lowest BCUT2D eigenvalue weighted by Gasteiger charge is -2.15. The predicted molar refractivity (Wildman–Crippen MR) is 94.5 cm³/mol. The molecule has 2 aromatic carbocycles. The number of amides is 2. The number of aromatic nitrogens is 2. The number of para-hydroxylation sites is 1. The number of hydrogen-bond acceptors (Lipinski definition) is 3. The molecule has 3 aromatic rings. The van der Waals surface area contributed by atoms with E-state index >= 15 is 0 Å². The Morgan fingerprint density at radius 1 is 1.07 bits per heavy atom. The minimum Gasteiger partial charge on any atom is -0.350 e. The lowest BCUT2D eigenvalue weighted by Crippen LogP contribution is -2.42. The minimum atomic E-state index is -0.966. The summed E-state index contributed by atoms with van der Waals surface area (Å²) in [5, 5.41) is 5.16. The van der Waals surface area contributed by atoms with E-state index in [9.17, 15) is 23.2 Å². The smallest absolute Gasteiger partial charge is 0.323 e. The first-order valence-corrected chi connectivity index (χ1v) is 8.10. The van der Waals surface area contributed by atoms with Crippen molar-refractivity contribution in [3.8, 4) is 0 Å². The van der Waals surface area contributed by atoms with E-state index in [0.29, 0.717) is 17.1 Å². The number of imidazole rings is 1. The Morgan fingerprint density at radius 3 is 2.59 bits per heavy atom. The number of halogens is 2. The summed E-state index contributed by atoms with van der Waals surface area (Å²) < 4.78 is 26.5. The predicted octanol–water partition coefficient (Wildman–Crippen LogP) is 1.68. The maximum Gasteiger partial charge on any atom is 0.323 e. The molecular formula is C18H16F2N4O3. The van der Waals surface area contributed by atoms with Crippen LogP contribution in [0.3, 0.4) is 0 Å². The molecule has 0 saturated carbocycles. The molecule has 2 amide bonds. The van der Waals surface area contributed by atoms with E-state index < -0.39 is 35.2 Å². The summed E-state index contributed by atoms with van der Waals surface area (Å²) in [6.45, 7) is 1.69. The second-order valence-electron chi connectivity index (χ2n) is 6.02. The number of hydrogen-bond donors (Lipinski definition) is 4. The van der Waals surface area contributed by atoms with Crippen molar-refractivity contribution in [2.45, 2.75) is 13.0 Å².